The fourth-order valence-electron chi connectivity index (χ4n) is 3.73. The molecule has 1 saturated carbocycles. The first-order valence-corrected chi connectivity index (χ1v) is 8.52. The van der Waals surface area contributed by atoms with Crippen LogP contribution in [-0.4, -0.2) is 99.1 Å². The van der Waals surface area contributed by atoms with Crippen molar-refractivity contribution in [3.8, 4) is 0 Å². The van der Waals surface area contributed by atoms with Crippen molar-refractivity contribution in [2.24, 2.45) is 11.8 Å². The van der Waals surface area contributed by atoms with Gasteiger partial charge in [0.05, 0.1) is 0 Å². The second-order valence-corrected chi connectivity index (χ2v) is 7.32. The number of piperazine rings is 1. The molecule has 0 radical (unpaired) electrons. The van der Waals surface area contributed by atoms with E-state index < -0.39 is 0 Å². The molecule has 0 aromatic rings. The van der Waals surface area contributed by atoms with Gasteiger partial charge in [0.15, 0.2) is 0 Å². The Balaban J connectivity index is 1.34. The minimum Gasteiger partial charge on any atom is -0.305 e. The molecule has 3 rings (SSSR count). The van der Waals surface area contributed by atoms with E-state index in [1.165, 1.54) is 78.3 Å². The molecule has 3 fully saturated rings. The van der Waals surface area contributed by atoms with Crippen LogP contribution in [-0.2, 0) is 0 Å². The van der Waals surface area contributed by atoms with Gasteiger partial charge in [-0.05, 0) is 51.9 Å². The molecule has 1 aliphatic carbocycles. The summed E-state index contributed by atoms with van der Waals surface area (Å²) in [6.45, 7) is 13.0. The quantitative estimate of drug-likeness (QED) is 0.744. The number of nitrogens with zero attached hydrogens (tertiary/aromatic N) is 4. The molecule has 0 aromatic carbocycles. The summed E-state index contributed by atoms with van der Waals surface area (Å²) < 4.78 is 0. The summed E-state index contributed by atoms with van der Waals surface area (Å²) in [5.74, 6) is 2.00. The number of hydrogen-bond acceptors (Lipinski definition) is 4. The number of hydrogen-bond donors (Lipinski definition) is 0. The van der Waals surface area contributed by atoms with Crippen LogP contribution in [0.1, 0.15) is 12.8 Å². The smallest absolute Gasteiger partial charge is 0.0110 e. The molecule has 0 amide bonds. The van der Waals surface area contributed by atoms with E-state index in [9.17, 15) is 0 Å². The van der Waals surface area contributed by atoms with Gasteiger partial charge in [0, 0.05) is 52.4 Å². The summed E-state index contributed by atoms with van der Waals surface area (Å²) in [5.41, 5.74) is 0. The lowest BCUT2D eigenvalue weighted by atomic mass is 10.2. The van der Waals surface area contributed by atoms with Crippen LogP contribution in [0.15, 0.2) is 0 Å². The predicted molar refractivity (Wildman–Crippen MR) is 84.1 cm³/mol. The Bertz CT molecular complexity index is 301. The zero-order valence-electron chi connectivity index (χ0n) is 13.4. The second kappa shape index (κ2) is 6.73. The van der Waals surface area contributed by atoms with Crippen LogP contribution in [0.4, 0.5) is 0 Å². The average molecular weight is 280 g/mol. The molecule has 0 N–H and O–H groups in total. The zero-order valence-corrected chi connectivity index (χ0v) is 13.4. The Morgan fingerprint density at radius 2 is 1.15 bits per heavy atom. The summed E-state index contributed by atoms with van der Waals surface area (Å²) >= 11 is 0. The molecular weight excluding hydrogens is 248 g/mol. The van der Waals surface area contributed by atoms with Crippen LogP contribution in [0.3, 0.4) is 0 Å². The van der Waals surface area contributed by atoms with Crippen LogP contribution in [0.5, 0.6) is 0 Å². The summed E-state index contributed by atoms with van der Waals surface area (Å²) in [5, 5.41) is 0. The van der Waals surface area contributed by atoms with E-state index in [1.807, 2.05) is 0 Å². The molecule has 0 bridgehead atoms. The van der Waals surface area contributed by atoms with E-state index in [0.29, 0.717) is 0 Å². The van der Waals surface area contributed by atoms with E-state index in [2.05, 4.69) is 33.7 Å². The van der Waals surface area contributed by atoms with Crippen molar-refractivity contribution in [1.29, 1.82) is 0 Å². The molecule has 0 aromatic heterocycles. The van der Waals surface area contributed by atoms with Gasteiger partial charge in [-0.3, -0.25) is 0 Å². The van der Waals surface area contributed by atoms with Gasteiger partial charge in [-0.25, -0.2) is 0 Å². The minimum atomic E-state index is 0.998. The van der Waals surface area contributed by atoms with Crippen molar-refractivity contribution in [3.63, 3.8) is 0 Å². The van der Waals surface area contributed by atoms with Gasteiger partial charge in [-0.1, -0.05) is 0 Å². The third-order valence-corrected chi connectivity index (χ3v) is 5.46. The molecule has 2 unspecified atom stereocenters. The third kappa shape index (κ3) is 4.17. The van der Waals surface area contributed by atoms with Gasteiger partial charge in [0.2, 0.25) is 0 Å². The van der Waals surface area contributed by atoms with Gasteiger partial charge in [0.25, 0.3) is 0 Å². The summed E-state index contributed by atoms with van der Waals surface area (Å²) in [7, 11) is 4.50. The summed E-state index contributed by atoms with van der Waals surface area (Å²) in [6, 6.07) is 0. The predicted octanol–water partition coefficient (Wildman–Crippen LogP) is 0.507. The number of rotatable bonds is 4. The van der Waals surface area contributed by atoms with E-state index in [4.69, 9.17) is 0 Å². The van der Waals surface area contributed by atoms with Crippen molar-refractivity contribution in [2.75, 3.05) is 79.5 Å². The molecule has 2 aliphatic heterocycles. The van der Waals surface area contributed by atoms with Gasteiger partial charge in [-0.2, -0.15) is 0 Å². The second-order valence-electron chi connectivity index (χ2n) is 7.32. The average Bonchev–Trinajstić information content (AvgIpc) is 3.19. The van der Waals surface area contributed by atoms with Gasteiger partial charge < -0.3 is 19.6 Å². The van der Waals surface area contributed by atoms with Crippen molar-refractivity contribution in [3.05, 3.63) is 0 Å². The van der Waals surface area contributed by atoms with Crippen LogP contribution in [0.2, 0.25) is 0 Å². The van der Waals surface area contributed by atoms with Crippen LogP contribution >= 0.6 is 0 Å². The normalized spacial score (nSPS) is 35.1. The fraction of sp³-hybridized carbons (Fsp3) is 1.00. The highest BCUT2D eigenvalue weighted by atomic mass is 15.3. The van der Waals surface area contributed by atoms with Crippen molar-refractivity contribution in [2.45, 2.75) is 12.8 Å². The minimum absolute atomic E-state index is 0.998. The van der Waals surface area contributed by atoms with Gasteiger partial charge in [0.1, 0.15) is 0 Å². The number of likely N-dealkylation sites (N-methyl/N-ethyl adjacent to an activating group) is 2. The molecule has 0 spiro atoms. The fourth-order valence-corrected chi connectivity index (χ4v) is 3.73. The van der Waals surface area contributed by atoms with Gasteiger partial charge in [-0.15, -0.1) is 0 Å². The van der Waals surface area contributed by atoms with Gasteiger partial charge >= 0.3 is 0 Å². The molecule has 3 aliphatic rings. The van der Waals surface area contributed by atoms with E-state index in [0.717, 1.165) is 11.8 Å². The first-order valence-electron chi connectivity index (χ1n) is 8.52. The van der Waals surface area contributed by atoms with E-state index >= 15 is 0 Å². The van der Waals surface area contributed by atoms with Crippen LogP contribution in [0.25, 0.3) is 0 Å². The highest BCUT2D eigenvalue weighted by molar-refractivity contribution is 4.91. The van der Waals surface area contributed by atoms with Crippen molar-refractivity contribution >= 4 is 0 Å². The SMILES string of the molecule is CN1CCCN(CC2CC2CN2CCN(C)CC2)CC1. The largest absolute Gasteiger partial charge is 0.305 e. The highest BCUT2D eigenvalue weighted by Crippen LogP contribution is 2.39. The molecule has 2 saturated heterocycles. The van der Waals surface area contributed by atoms with Crippen molar-refractivity contribution < 1.29 is 0 Å². The Hall–Kier alpha value is -0.160. The molecule has 2 atom stereocenters. The van der Waals surface area contributed by atoms with Crippen LogP contribution in [0, 0.1) is 11.8 Å². The Morgan fingerprint density at radius 1 is 0.650 bits per heavy atom. The topological polar surface area (TPSA) is 13.0 Å². The summed E-state index contributed by atoms with van der Waals surface area (Å²) in [4.78, 5) is 10.3. The first-order chi connectivity index (χ1) is 9.70. The zero-order chi connectivity index (χ0) is 13.9. The molecular formula is C16H32N4. The lowest BCUT2D eigenvalue weighted by Crippen LogP contribution is -2.45. The van der Waals surface area contributed by atoms with E-state index in [1.54, 1.807) is 0 Å². The first kappa shape index (κ1) is 14.8. The Morgan fingerprint density at radius 3 is 1.75 bits per heavy atom. The molecule has 20 heavy (non-hydrogen) atoms. The van der Waals surface area contributed by atoms with E-state index in [-0.39, 0.29) is 0 Å². The lowest BCUT2D eigenvalue weighted by molar-refractivity contribution is 0.145. The maximum atomic E-state index is 2.72. The van der Waals surface area contributed by atoms with Crippen LogP contribution < -0.4 is 0 Å². The molecule has 2 heterocycles. The molecule has 4 nitrogen and oxygen atoms in total. The molecule has 4 heteroatoms. The van der Waals surface area contributed by atoms with Crippen molar-refractivity contribution in [1.82, 2.24) is 19.6 Å². The monoisotopic (exact) mass is 280 g/mol. The molecule has 116 valence electrons. The Kier molecular flexibility index (Phi) is 4.97. The third-order valence-electron chi connectivity index (χ3n) is 5.46. The highest BCUT2D eigenvalue weighted by Gasteiger charge is 2.39. The Labute approximate surface area is 124 Å². The summed E-state index contributed by atoms with van der Waals surface area (Å²) in [6.07, 6.45) is 2.84. The maximum Gasteiger partial charge on any atom is 0.0110 e. The maximum absolute atomic E-state index is 2.72. The lowest BCUT2D eigenvalue weighted by Gasteiger charge is -2.32. The standard InChI is InChI=1S/C16H32N4/c1-17-4-3-5-19(9-6-17)13-15-12-16(15)14-20-10-7-18(2)8-11-20/h15-16H,3-14H2,1-2H3.